The first-order chi connectivity index (χ1) is 8.86. The van der Waals surface area contributed by atoms with Crippen LogP contribution in [0.4, 0.5) is 0 Å². The lowest BCUT2D eigenvalue weighted by atomic mass is 10.1. The fourth-order valence-electron chi connectivity index (χ4n) is 1.85. The molecule has 0 aliphatic rings. The highest BCUT2D eigenvalue weighted by molar-refractivity contribution is 7.98. The maximum absolute atomic E-state index is 8.71. The molecule has 0 radical (unpaired) electrons. The summed E-state index contributed by atoms with van der Waals surface area (Å²) in [5.74, 6) is 2.33. The Morgan fingerprint density at radius 2 is 1.67 bits per heavy atom. The number of hydrogen-bond donors (Lipinski definition) is 0. The zero-order valence-corrected chi connectivity index (χ0v) is 12.1. The van der Waals surface area contributed by atoms with Crippen molar-refractivity contribution in [3.63, 3.8) is 0 Å². The Hall–Kier alpha value is -0.940. The van der Waals surface area contributed by atoms with Crippen molar-refractivity contribution in [2.24, 2.45) is 0 Å². The zero-order chi connectivity index (χ0) is 13.1. The quantitative estimate of drug-likeness (QED) is 0.574. The molecule has 0 heterocycles. The van der Waals surface area contributed by atoms with Gasteiger partial charge in [0.05, 0.1) is 11.6 Å². The van der Waals surface area contributed by atoms with Gasteiger partial charge in [0, 0.05) is 5.75 Å². The lowest BCUT2D eigenvalue weighted by molar-refractivity contribution is 0.627. The van der Waals surface area contributed by atoms with Crippen molar-refractivity contribution < 1.29 is 0 Å². The molecule has 0 spiro atoms. The standard InChI is InChI=1S/C16H23NS/c1-2-3-4-5-6-7-12-18-14-16-10-8-15(13-17)9-11-16/h8-11H,2-7,12,14H2,1H3. The Balaban J connectivity index is 2.02. The summed E-state index contributed by atoms with van der Waals surface area (Å²) in [6.45, 7) is 2.26. The molecule has 98 valence electrons. The van der Waals surface area contributed by atoms with Gasteiger partial charge in [0.1, 0.15) is 0 Å². The molecule has 0 fully saturated rings. The van der Waals surface area contributed by atoms with E-state index in [1.165, 1.54) is 49.8 Å². The Kier molecular flexibility index (Phi) is 8.42. The van der Waals surface area contributed by atoms with E-state index >= 15 is 0 Å². The number of rotatable bonds is 9. The van der Waals surface area contributed by atoms with Gasteiger partial charge in [-0.3, -0.25) is 0 Å². The SMILES string of the molecule is CCCCCCCCSCc1ccc(C#N)cc1. The summed E-state index contributed by atoms with van der Waals surface area (Å²) in [6.07, 6.45) is 8.22. The topological polar surface area (TPSA) is 23.8 Å². The van der Waals surface area contributed by atoms with Gasteiger partial charge in [-0.05, 0) is 29.9 Å². The summed E-state index contributed by atoms with van der Waals surface area (Å²) >= 11 is 2.00. The van der Waals surface area contributed by atoms with Gasteiger partial charge in [0.25, 0.3) is 0 Å². The minimum atomic E-state index is 0.750. The molecule has 2 heteroatoms. The lowest BCUT2D eigenvalue weighted by Crippen LogP contribution is -1.85. The molecule has 0 unspecified atom stereocenters. The van der Waals surface area contributed by atoms with Crippen molar-refractivity contribution >= 4 is 11.8 Å². The van der Waals surface area contributed by atoms with E-state index in [-0.39, 0.29) is 0 Å². The molecule has 0 saturated heterocycles. The molecule has 1 nitrogen and oxygen atoms in total. The maximum atomic E-state index is 8.71. The van der Waals surface area contributed by atoms with Gasteiger partial charge in [-0.2, -0.15) is 17.0 Å². The first-order valence-corrected chi connectivity index (χ1v) is 8.09. The largest absolute Gasteiger partial charge is 0.192 e. The van der Waals surface area contributed by atoms with Crippen LogP contribution in [0.2, 0.25) is 0 Å². The van der Waals surface area contributed by atoms with Gasteiger partial charge in [-0.25, -0.2) is 0 Å². The Bertz CT molecular complexity index is 350. The van der Waals surface area contributed by atoms with Crippen LogP contribution < -0.4 is 0 Å². The van der Waals surface area contributed by atoms with Crippen LogP contribution >= 0.6 is 11.8 Å². The van der Waals surface area contributed by atoms with Crippen molar-refractivity contribution in [1.82, 2.24) is 0 Å². The first-order valence-electron chi connectivity index (χ1n) is 6.93. The predicted molar refractivity (Wildman–Crippen MR) is 80.7 cm³/mol. The lowest BCUT2D eigenvalue weighted by Gasteiger charge is -2.02. The summed E-state index contributed by atoms with van der Waals surface area (Å²) in [7, 11) is 0. The third-order valence-electron chi connectivity index (χ3n) is 2.99. The van der Waals surface area contributed by atoms with Gasteiger partial charge in [0.15, 0.2) is 0 Å². The van der Waals surface area contributed by atoms with E-state index in [4.69, 9.17) is 5.26 Å². The highest BCUT2D eigenvalue weighted by Gasteiger charge is 1.95. The highest BCUT2D eigenvalue weighted by Crippen LogP contribution is 2.15. The number of thioether (sulfide) groups is 1. The van der Waals surface area contributed by atoms with Crippen molar-refractivity contribution in [3.8, 4) is 6.07 Å². The van der Waals surface area contributed by atoms with Crippen molar-refractivity contribution in [1.29, 1.82) is 5.26 Å². The molecule has 1 rings (SSSR count). The number of hydrogen-bond acceptors (Lipinski definition) is 2. The summed E-state index contributed by atoms with van der Waals surface area (Å²) in [5, 5.41) is 8.71. The molecule has 0 amide bonds. The van der Waals surface area contributed by atoms with Gasteiger partial charge in [-0.1, -0.05) is 51.2 Å². The van der Waals surface area contributed by atoms with Crippen molar-refractivity contribution in [2.75, 3.05) is 5.75 Å². The van der Waals surface area contributed by atoms with E-state index in [9.17, 15) is 0 Å². The third-order valence-corrected chi connectivity index (χ3v) is 4.11. The minimum absolute atomic E-state index is 0.750. The fraction of sp³-hybridized carbons (Fsp3) is 0.562. The van der Waals surface area contributed by atoms with Crippen LogP contribution in [0.25, 0.3) is 0 Å². The van der Waals surface area contributed by atoms with E-state index in [0.29, 0.717) is 0 Å². The molecule has 1 aromatic rings. The zero-order valence-electron chi connectivity index (χ0n) is 11.3. The van der Waals surface area contributed by atoms with Gasteiger partial charge in [-0.15, -0.1) is 0 Å². The van der Waals surface area contributed by atoms with Crippen molar-refractivity contribution in [2.45, 2.75) is 51.2 Å². The molecule has 0 bridgehead atoms. The van der Waals surface area contributed by atoms with Gasteiger partial charge in [0.2, 0.25) is 0 Å². The maximum Gasteiger partial charge on any atom is 0.0991 e. The van der Waals surface area contributed by atoms with E-state index in [2.05, 4.69) is 25.1 Å². The van der Waals surface area contributed by atoms with Crippen LogP contribution in [0.15, 0.2) is 24.3 Å². The minimum Gasteiger partial charge on any atom is -0.192 e. The first kappa shape index (κ1) is 15.1. The van der Waals surface area contributed by atoms with E-state index < -0.39 is 0 Å². The van der Waals surface area contributed by atoms with Crippen molar-refractivity contribution in [3.05, 3.63) is 35.4 Å². The van der Waals surface area contributed by atoms with Crippen LogP contribution in [-0.4, -0.2) is 5.75 Å². The van der Waals surface area contributed by atoms with Gasteiger partial charge < -0.3 is 0 Å². The van der Waals surface area contributed by atoms with Gasteiger partial charge >= 0.3 is 0 Å². The number of benzene rings is 1. The average molecular weight is 261 g/mol. The molecule has 0 saturated carbocycles. The predicted octanol–water partition coefficient (Wildman–Crippen LogP) is 5.15. The third kappa shape index (κ3) is 6.71. The molecule has 0 atom stereocenters. The Labute approximate surface area is 116 Å². The summed E-state index contributed by atoms with van der Waals surface area (Å²) in [4.78, 5) is 0. The molecule has 0 N–H and O–H groups in total. The van der Waals surface area contributed by atoms with Crippen LogP contribution in [-0.2, 0) is 5.75 Å². The Morgan fingerprint density at radius 3 is 2.33 bits per heavy atom. The summed E-state index contributed by atoms with van der Waals surface area (Å²) in [5.41, 5.74) is 2.07. The second-order valence-corrected chi connectivity index (χ2v) is 5.73. The fourth-order valence-corrected chi connectivity index (χ4v) is 2.83. The van der Waals surface area contributed by atoms with Crippen LogP contribution in [0.1, 0.15) is 56.6 Å². The molecular formula is C16H23NS. The highest BCUT2D eigenvalue weighted by atomic mass is 32.2. The molecule has 0 aromatic heterocycles. The second-order valence-electron chi connectivity index (χ2n) is 4.63. The van der Waals surface area contributed by atoms with E-state index in [1.54, 1.807) is 0 Å². The second kappa shape index (κ2) is 10.0. The number of nitrogens with zero attached hydrogens (tertiary/aromatic N) is 1. The smallest absolute Gasteiger partial charge is 0.0991 e. The Morgan fingerprint density at radius 1 is 1.00 bits per heavy atom. The number of nitriles is 1. The monoisotopic (exact) mass is 261 g/mol. The van der Waals surface area contributed by atoms with Crippen LogP contribution in [0, 0.1) is 11.3 Å². The molecule has 1 aromatic carbocycles. The molecule has 0 aliphatic heterocycles. The average Bonchev–Trinajstić information content (AvgIpc) is 2.42. The molecular weight excluding hydrogens is 238 g/mol. The van der Waals surface area contributed by atoms with Crippen LogP contribution in [0.3, 0.4) is 0 Å². The van der Waals surface area contributed by atoms with E-state index in [1.807, 2.05) is 23.9 Å². The number of unbranched alkanes of at least 4 members (excludes halogenated alkanes) is 5. The summed E-state index contributed by atoms with van der Waals surface area (Å²) < 4.78 is 0. The normalized spacial score (nSPS) is 10.2. The van der Waals surface area contributed by atoms with Crippen LogP contribution in [0.5, 0.6) is 0 Å². The molecule has 0 aliphatic carbocycles. The van der Waals surface area contributed by atoms with E-state index in [0.717, 1.165) is 11.3 Å². The summed E-state index contributed by atoms with van der Waals surface area (Å²) in [6, 6.07) is 10.1. The molecule has 18 heavy (non-hydrogen) atoms.